The van der Waals surface area contributed by atoms with Gasteiger partial charge in [0.2, 0.25) is 11.8 Å². The van der Waals surface area contributed by atoms with E-state index in [0.717, 1.165) is 0 Å². The Bertz CT molecular complexity index is 694. The molecule has 5 nitrogen and oxygen atoms in total. The van der Waals surface area contributed by atoms with E-state index in [1.807, 2.05) is 0 Å². The number of amides is 1. The number of aromatic nitrogens is 2. The highest BCUT2D eigenvalue weighted by Crippen LogP contribution is 2.39. The number of halogens is 3. The van der Waals surface area contributed by atoms with Gasteiger partial charge >= 0.3 is 0 Å². The Morgan fingerprint density at radius 3 is 2.83 bits per heavy atom. The van der Waals surface area contributed by atoms with Crippen molar-refractivity contribution in [2.45, 2.75) is 44.1 Å². The molecule has 2 heterocycles. The smallest absolute Gasteiger partial charge is 0.261 e. The van der Waals surface area contributed by atoms with E-state index in [2.05, 4.69) is 15.5 Å². The van der Waals surface area contributed by atoms with Crippen LogP contribution < -0.4 is 5.32 Å². The van der Waals surface area contributed by atoms with E-state index in [-0.39, 0.29) is 37.1 Å². The predicted molar refractivity (Wildman–Crippen MR) is 81.0 cm³/mol. The van der Waals surface area contributed by atoms with E-state index in [1.165, 1.54) is 11.3 Å². The Morgan fingerprint density at radius 2 is 2.17 bits per heavy atom. The second-order valence-electron chi connectivity index (χ2n) is 5.46. The number of nitrogens with zero attached hydrogens (tertiary/aromatic N) is 2. The van der Waals surface area contributed by atoms with E-state index in [4.69, 9.17) is 16.1 Å². The topological polar surface area (TPSA) is 68.0 Å². The summed E-state index contributed by atoms with van der Waals surface area (Å²) in [4.78, 5) is 16.6. The number of rotatable bonds is 4. The van der Waals surface area contributed by atoms with E-state index in [1.54, 1.807) is 12.1 Å². The molecule has 0 aromatic carbocycles. The number of hydrogen-bond acceptors (Lipinski definition) is 5. The zero-order valence-electron chi connectivity index (χ0n) is 12.0. The molecule has 3 rings (SSSR count). The van der Waals surface area contributed by atoms with Gasteiger partial charge in [-0.05, 0) is 25.0 Å². The normalized spacial score (nSPS) is 18.0. The lowest BCUT2D eigenvalue weighted by Crippen LogP contribution is -2.24. The van der Waals surface area contributed by atoms with Crippen LogP contribution in [0.15, 0.2) is 16.7 Å². The molecule has 0 saturated heterocycles. The molecule has 0 aliphatic heterocycles. The highest BCUT2D eigenvalue weighted by molar-refractivity contribution is 7.17. The van der Waals surface area contributed by atoms with Gasteiger partial charge in [-0.1, -0.05) is 16.8 Å². The van der Waals surface area contributed by atoms with Gasteiger partial charge in [-0.15, -0.1) is 11.3 Å². The molecule has 1 fully saturated rings. The van der Waals surface area contributed by atoms with Crippen LogP contribution in [0.25, 0.3) is 0 Å². The fraction of sp³-hybridized carbons (Fsp3) is 0.500. The molecule has 9 heteroatoms. The molecule has 1 saturated carbocycles. The minimum Gasteiger partial charge on any atom is -0.342 e. The van der Waals surface area contributed by atoms with Gasteiger partial charge in [-0.2, -0.15) is 4.98 Å². The molecule has 0 spiro atoms. The van der Waals surface area contributed by atoms with Crippen molar-refractivity contribution in [3.05, 3.63) is 33.1 Å². The molecule has 23 heavy (non-hydrogen) atoms. The van der Waals surface area contributed by atoms with Gasteiger partial charge in [0.1, 0.15) is 0 Å². The quantitative estimate of drug-likeness (QED) is 0.893. The molecule has 1 aliphatic carbocycles. The molecule has 0 radical (unpaired) electrons. The van der Waals surface area contributed by atoms with Gasteiger partial charge in [0.05, 0.1) is 15.8 Å². The Hall–Kier alpha value is -1.54. The third-order valence-corrected chi connectivity index (χ3v) is 4.99. The molecule has 1 N–H and O–H groups in total. The summed E-state index contributed by atoms with van der Waals surface area (Å²) in [7, 11) is 0. The summed E-state index contributed by atoms with van der Waals surface area (Å²) in [5, 5.41) is 6.50. The molecule has 0 unspecified atom stereocenters. The van der Waals surface area contributed by atoms with Crippen molar-refractivity contribution in [1.29, 1.82) is 0 Å². The fourth-order valence-corrected chi connectivity index (χ4v) is 3.44. The van der Waals surface area contributed by atoms with Gasteiger partial charge < -0.3 is 9.84 Å². The second kappa shape index (κ2) is 6.52. The first-order chi connectivity index (χ1) is 10.9. The van der Waals surface area contributed by atoms with Crippen LogP contribution >= 0.6 is 22.9 Å². The van der Waals surface area contributed by atoms with Gasteiger partial charge in [0.15, 0.2) is 5.82 Å². The zero-order chi connectivity index (χ0) is 16.4. The Kier molecular flexibility index (Phi) is 4.63. The summed E-state index contributed by atoms with van der Waals surface area (Å²) < 4.78 is 31.9. The summed E-state index contributed by atoms with van der Waals surface area (Å²) in [5.41, 5.74) is 0. The van der Waals surface area contributed by atoms with Gasteiger partial charge in [0.25, 0.3) is 5.91 Å². The largest absolute Gasteiger partial charge is 0.342 e. The molecule has 2 aromatic heterocycles. The maximum atomic E-state index is 13.2. The van der Waals surface area contributed by atoms with E-state index in [0.29, 0.717) is 27.9 Å². The minimum atomic E-state index is -2.58. The lowest BCUT2D eigenvalue weighted by atomic mass is 9.86. The molecular weight excluding hydrogens is 348 g/mol. The predicted octanol–water partition coefficient (Wildman–Crippen LogP) is 4.01. The lowest BCUT2D eigenvalue weighted by molar-refractivity contribution is -0.0389. The van der Waals surface area contributed by atoms with Crippen molar-refractivity contribution in [1.82, 2.24) is 15.5 Å². The Morgan fingerprint density at radius 1 is 1.43 bits per heavy atom. The zero-order valence-corrected chi connectivity index (χ0v) is 13.6. The van der Waals surface area contributed by atoms with Gasteiger partial charge in [0, 0.05) is 18.8 Å². The first kappa shape index (κ1) is 16.3. The molecule has 2 aromatic rings. The first-order valence-corrected chi connectivity index (χ1v) is 8.36. The molecular formula is C14H14ClF2N3O2S. The van der Waals surface area contributed by atoms with Crippen molar-refractivity contribution >= 4 is 28.8 Å². The summed E-state index contributed by atoms with van der Waals surface area (Å²) in [5.74, 6) is -2.28. The van der Waals surface area contributed by atoms with Crippen LogP contribution in [0.3, 0.4) is 0 Å². The molecule has 0 bridgehead atoms. The third-order valence-electron chi connectivity index (χ3n) is 3.76. The number of thiophene rings is 1. The van der Waals surface area contributed by atoms with Crippen molar-refractivity contribution in [2.24, 2.45) is 0 Å². The molecule has 124 valence electrons. The van der Waals surface area contributed by atoms with Crippen molar-refractivity contribution in [2.75, 3.05) is 0 Å². The summed E-state index contributed by atoms with van der Waals surface area (Å²) in [6.07, 6.45) is 0.368. The van der Waals surface area contributed by atoms with E-state index < -0.39 is 5.92 Å². The van der Waals surface area contributed by atoms with Crippen molar-refractivity contribution in [3.63, 3.8) is 0 Å². The first-order valence-electron chi connectivity index (χ1n) is 7.17. The SMILES string of the molecule is O=C(NCc1nc(C2CCC(F)(F)CC2)no1)c1ccc(Cl)s1. The fourth-order valence-electron chi connectivity index (χ4n) is 2.48. The average Bonchev–Trinajstić information content (AvgIpc) is 3.14. The average molecular weight is 362 g/mol. The van der Waals surface area contributed by atoms with Crippen LogP contribution in [0.5, 0.6) is 0 Å². The van der Waals surface area contributed by atoms with Crippen LogP contribution in [0.2, 0.25) is 4.34 Å². The summed E-state index contributed by atoms with van der Waals surface area (Å²) >= 11 is 6.95. The molecule has 0 atom stereocenters. The van der Waals surface area contributed by atoms with Crippen LogP contribution in [-0.4, -0.2) is 22.0 Å². The second-order valence-corrected chi connectivity index (χ2v) is 7.18. The van der Waals surface area contributed by atoms with Crippen molar-refractivity contribution < 1.29 is 18.1 Å². The van der Waals surface area contributed by atoms with E-state index in [9.17, 15) is 13.6 Å². The van der Waals surface area contributed by atoms with Gasteiger partial charge in [-0.3, -0.25) is 4.79 Å². The summed E-state index contributed by atoms with van der Waals surface area (Å²) in [6.45, 7) is 0.0875. The Labute approximate surface area is 140 Å². The van der Waals surface area contributed by atoms with Crippen molar-refractivity contribution in [3.8, 4) is 0 Å². The highest BCUT2D eigenvalue weighted by atomic mass is 35.5. The third kappa shape index (κ3) is 4.06. The molecule has 1 amide bonds. The highest BCUT2D eigenvalue weighted by Gasteiger charge is 2.36. The minimum absolute atomic E-state index is 0.0875. The molecule has 1 aliphatic rings. The number of carbonyl (C=O) groups is 1. The van der Waals surface area contributed by atoms with E-state index >= 15 is 0 Å². The van der Waals surface area contributed by atoms with Gasteiger partial charge in [-0.25, -0.2) is 8.78 Å². The maximum absolute atomic E-state index is 13.2. The van der Waals surface area contributed by atoms with Crippen LogP contribution in [0.1, 0.15) is 53.0 Å². The monoisotopic (exact) mass is 361 g/mol. The maximum Gasteiger partial charge on any atom is 0.261 e. The number of nitrogens with one attached hydrogen (secondary N) is 1. The lowest BCUT2D eigenvalue weighted by Gasteiger charge is -2.26. The number of alkyl halides is 2. The van der Waals surface area contributed by atoms with Crippen LogP contribution in [-0.2, 0) is 6.54 Å². The Balaban J connectivity index is 1.54. The standard InChI is InChI=1S/C14H14ClF2N3O2S/c15-10-2-1-9(23-10)13(21)18-7-11-19-12(20-22-11)8-3-5-14(16,17)6-4-8/h1-2,8H,3-7H2,(H,18,21). The van der Waals surface area contributed by atoms with Crippen LogP contribution in [0, 0.1) is 0 Å². The van der Waals surface area contributed by atoms with Crippen LogP contribution in [0.4, 0.5) is 8.78 Å². The number of carbonyl (C=O) groups excluding carboxylic acids is 1. The summed E-state index contributed by atoms with van der Waals surface area (Å²) in [6, 6.07) is 3.27. The number of hydrogen-bond donors (Lipinski definition) is 1.